The lowest BCUT2D eigenvalue weighted by Gasteiger charge is -2.32. The van der Waals surface area contributed by atoms with Crippen LogP contribution in [0.15, 0.2) is 24.4 Å². The summed E-state index contributed by atoms with van der Waals surface area (Å²) in [5, 5.41) is 3.18. The van der Waals surface area contributed by atoms with Crippen molar-refractivity contribution in [1.82, 2.24) is 15.3 Å². The van der Waals surface area contributed by atoms with Crippen molar-refractivity contribution >= 4 is 29.2 Å². The van der Waals surface area contributed by atoms with Crippen molar-refractivity contribution in [2.75, 3.05) is 24.5 Å². The molecule has 1 aliphatic rings. The van der Waals surface area contributed by atoms with E-state index in [4.69, 9.17) is 23.2 Å². The predicted octanol–water partition coefficient (Wildman–Crippen LogP) is 5.93. The minimum atomic E-state index is -4.62. The quantitative estimate of drug-likeness (QED) is 0.392. The van der Waals surface area contributed by atoms with Crippen molar-refractivity contribution in [3.63, 3.8) is 0 Å². The van der Waals surface area contributed by atoms with Crippen LogP contribution in [0.1, 0.15) is 43.0 Å². The van der Waals surface area contributed by atoms with E-state index in [2.05, 4.69) is 15.3 Å². The molecule has 0 aliphatic carbocycles. The molecule has 2 aromatic rings. The summed E-state index contributed by atoms with van der Waals surface area (Å²) in [5.41, 5.74) is -2.61. The third-order valence-electron chi connectivity index (χ3n) is 5.34. The second-order valence-electron chi connectivity index (χ2n) is 7.47. The molecule has 2 heterocycles. The van der Waals surface area contributed by atoms with Gasteiger partial charge in [-0.05, 0) is 43.1 Å². The molecule has 4 nitrogen and oxygen atoms in total. The number of nitrogens with zero attached hydrogens (tertiary/aromatic N) is 3. The number of hydrogen-bond donors (Lipinski definition) is 1. The number of rotatable bonds is 7. The molecule has 1 atom stereocenters. The first-order chi connectivity index (χ1) is 14.6. The van der Waals surface area contributed by atoms with E-state index in [1.165, 1.54) is 29.3 Å². The average molecular weight is 483 g/mol. The zero-order valence-electron chi connectivity index (χ0n) is 16.6. The highest BCUT2D eigenvalue weighted by Gasteiger charge is 2.59. The fourth-order valence-electron chi connectivity index (χ4n) is 3.73. The van der Waals surface area contributed by atoms with Crippen molar-refractivity contribution in [3.8, 4) is 0 Å². The highest BCUT2D eigenvalue weighted by Crippen LogP contribution is 2.49. The van der Waals surface area contributed by atoms with Crippen LogP contribution in [0, 0.1) is 0 Å². The molecule has 1 saturated heterocycles. The summed E-state index contributed by atoms with van der Waals surface area (Å²) < 4.78 is 69.8. The van der Waals surface area contributed by atoms with Gasteiger partial charge < -0.3 is 10.2 Å². The monoisotopic (exact) mass is 482 g/mol. The van der Waals surface area contributed by atoms with E-state index < -0.39 is 30.3 Å². The summed E-state index contributed by atoms with van der Waals surface area (Å²) in [7, 11) is 0. The fourth-order valence-corrected chi connectivity index (χ4v) is 4.25. The molecule has 1 unspecified atom stereocenters. The van der Waals surface area contributed by atoms with Crippen LogP contribution in [0.25, 0.3) is 0 Å². The maximum absolute atomic E-state index is 14.2. The molecule has 1 aromatic carbocycles. The van der Waals surface area contributed by atoms with E-state index in [-0.39, 0.29) is 46.6 Å². The first kappa shape index (κ1) is 23.9. The molecule has 1 fully saturated rings. The van der Waals surface area contributed by atoms with E-state index >= 15 is 0 Å². The van der Waals surface area contributed by atoms with Gasteiger partial charge in [-0.15, -0.1) is 0 Å². The van der Waals surface area contributed by atoms with Crippen molar-refractivity contribution in [2.45, 2.75) is 44.3 Å². The third kappa shape index (κ3) is 5.04. The van der Waals surface area contributed by atoms with Gasteiger partial charge in [-0.25, -0.2) is 18.7 Å². The smallest absolute Gasteiger partial charge is 0.340 e. The normalized spacial score (nSPS) is 19.5. The Labute approximate surface area is 186 Å². The Morgan fingerprint density at radius 3 is 2.45 bits per heavy atom. The van der Waals surface area contributed by atoms with Crippen LogP contribution in [0.3, 0.4) is 0 Å². The van der Waals surface area contributed by atoms with Crippen molar-refractivity contribution in [3.05, 3.63) is 51.3 Å². The molecule has 0 bridgehead atoms. The molecule has 170 valence electrons. The molecule has 11 heteroatoms. The van der Waals surface area contributed by atoms with Crippen molar-refractivity contribution < 1.29 is 22.0 Å². The predicted molar refractivity (Wildman–Crippen MR) is 110 cm³/mol. The van der Waals surface area contributed by atoms with E-state index in [0.717, 1.165) is 6.42 Å². The molecule has 0 amide bonds. The van der Waals surface area contributed by atoms with Crippen molar-refractivity contribution in [2.24, 2.45) is 0 Å². The van der Waals surface area contributed by atoms with Crippen LogP contribution in [0.2, 0.25) is 10.0 Å². The largest absolute Gasteiger partial charge is 0.400 e. The number of alkyl halides is 5. The van der Waals surface area contributed by atoms with Gasteiger partial charge in [0.2, 0.25) is 5.95 Å². The maximum Gasteiger partial charge on any atom is 0.400 e. The number of hydrogen-bond acceptors (Lipinski definition) is 4. The SMILES string of the molecule is CCCNCc1cnc(N2CCC(c3cc(Cl)cc(Cl)c3)(C(F)(F)F)C2)nc1C(F)F. The number of aromatic nitrogens is 2. The van der Waals surface area contributed by atoms with Crippen LogP contribution >= 0.6 is 23.2 Å². The first-order valence-corrected chi connectivity index (χ1v) is 10.5. The molecule has 31 heavy (non-hydrogen) atoms. The van der Waals surface area contributed by atoms with Crippen LogP contribution in [-0.2, 0) is 12.0 Å². The summed E-state index contributed by atoms with van der Waals surface area (Å²) in [5.74, 6) is -0.159. The van der Waals surface area contributed by atoms with Gasteiger partial charge in [-0.1, -0.05) is 30.1 Å². The molecule has 0 spiro atoms. The van der Waals surface area contributed by atoms with E-state index in [1.54, 1.807) is 0 Å². The standard InChI is InChI=1S/C20H21Cl2F5N4/c1-2-4-28-9-12-10-29-18(30-16(12)17(23)24)31-5-3-19(11-31,20(25,26)27)13-6-14(21)8-15(22)7-13/h6-8,10,17,28H,2-5,9,11H2,1H3. The second-order valence-corrected chi connectivity index (χ2v) is 8.34. The molecule has 3 rings (SSSR count). The summed E-state index contributed by atoms with van der Waals surface area (Å²) in [6.07, 6.45) is -5.73. The Balaban J connectivity index is 1.94. The average Bonchev–Trinajstić information content (AvgIpc) is 3.14. The van der Waals surface area contributed by atoms with E-state index in [0.29, 0.717) is 6.54 Å². The Bertz CT molecular complexity index is 905. The fraction of sp³-hybridized carbons (Fsp3) is 0.500. The van der Waals surface area contributed by atoms with Gasteiger partial charge in [0.05, 0.1) is 0 Å². The molecule has 0 radical (unpaired) electrons. The summed E-state index contributed by atoms with van der Waals surface area (Å²) in [4.78, 5) is 9.27. The lowest BCUT2D eigenvalue weighted by Crippen LogP contribution is -2.45. The Morgan fingerprint density at radius 1 is 1.19 bits per heavy atom. The van der Waals surface area contributed by atoms with Gasteiger partial charge in [0.15, 0.2) is 0 Å². The summed E-state index contributed by atoms with van der Waals surface area (Å²) in [6, 6.07) is 3.82. The minimum absolute atomic E-state index is 0.0558. The Morgan fingerprint density at radius 2 is 1.87 bits per heavy atom. The Hall–Kier alpha value is -1.71. The van der Waals surface area contributed by atoms with Gasteiger partial charge in [0.1, 0.15) is 11.1 Å². The molecular formula is C20H21Cl2F5N4. The maximum atomic E-state index is 14.2. The van der Waals surface area contributed by atoms with E-state index in [1.807, 2.05) is 6.92 Å². The van der Waals surface area contributed by atoms with Gasteiger partial charge in [-0.3, -0.25) is 0 Å². The Kier molecular flexibility index (Phi) is 7.28. The highest BCUT2D eigenvalue weighted by molar-refractivity contribution is 6.34. The molecule has 1 aliphatic heterocycles. The third-order valence-corrected chi connectivity index (χ3v) is 5.78. The minimum Gasteiger partial charge on any atom is -0.340 e. The van der Waals surface area contributed by atoms with Crippen molar-refractivity contribution in [1.29, 1.82) is 0 Å². The number of halogens is 7. The summed E-state index contributed by atoms with van der Waals surface area (Å²) in [6.45, 7) is 2.14. The first-order valence-electron chi connectivity index (χ1n) is 9.70. The lowest BCUT2D eigenvalue weighted by molar-refractivity contribution is -0.184. The summed E-state index contributed by atoms with van der Waals surface area (Å²) >= 11 is 11.9. The van der Waals surface area contributed by atoms with Gasteiger partial charge in [0.25, 0.3) is 6.43 Å². The zero-order chi connectivity index (χ0) is 22.8. The zero-order valence-corrected chi connectivity index (χ0v) is 18.1. The van der Waals surface area contributed by atoms with Gasteiger partial charge >= 0.3 is 6.18 Å². The molecule has 1 aromatic heterocycles. The lowest BCUT2D eigenvalue weighted by atomic mass is 9.79. The van der Waals surface area contributed by atoms with E-state index in [9.17, 15) is 22.0 Å². The highest BCUT2D eigenvalue weighted by atomic mass is 35.5. The molecule has 1 N–H and O–H groups in total. The molecular weight excluding hydrogens is 462 g/mol. The second kappa shape index (κ2) is 9.42. The number of nitrogens with one attached hydrogen (secondary N) is 1. The number of benzene rings is 1. The van der Waals surface area contributed by atoms with Crippen LogP contribution in [0.5, 0.6) is 0 Å². The van der Waals surface area contributed by atoms with Crippen LogP contribution < -0.4 is 10.2 Å². The molecule has 0 saturated carbocycles. The number of anilines is 1. The van der Waals surface area contributed by atoms with Gasteiger partial charge in [0, 0.05) is 41.4 Å². The van der Waals surface area contributed by atoms with Gasteiger partial charge in [-0.2, -0.15) is 13.2 Å². The topological polar surface area (TPSA) is 41.1 Å². The van der Waals surface area contributed by atoms with Crippen LogP contribution in [0.4, 0.5) is 27.9 Å². The van der Waals surface area contributed by atoms with Crippen LogP contribution in [-0.4, -0.2) is 35.8 Å².